The molecule has 44 heavy (non-hydrogen) atoms. The van der Waals surface area contributed by atoms with Gasteiger partial charge in [0, 0.05) is 23.5 Å². The number of primary amides is 1. The number of ketones is 1. The van der Waals surface area contributed by atoms with Gasteiger partial charge in [-0.05, 0) is 67.6 Å². The zero-order valence-corrected chi connectivity index (χ0v) is 22.9. The zero-order valence-electron chi connectivity index (χ0n) is 22.9. The van der Waals surface area contributed by atoms with Gasteiger partial charge in [0.05, 0.1) is 22.7 Å². The zero-order chi connectivity index (χ0) is 31.2. The number of hydrogen-bond acceptors (Lipinski definition) is 8. The molecule has 5 N–H and O–H groups in total. The number of aromatic nitrogens is 4. The Bertz CT molecular complexity index is 1810. The number of benzene rings is 1. The van der Waals surface area contributed by atoms with E-state index in [0.29, 0.717) is 41.4 Å². The van der Waals surface area contributed by atoms with Gasteiger partial charge < -0.3 is 16.4 Å². The van der Waals surface area contributed by atoms with Crippen molar-refractivity contribution in [3.8, 4) is 0 Å². The summed E-state index contributed by atoms with van der Waals surface area (Å²) in [6, 6.07) is 10.4. The molecule has 12 nitrogen and oxygen atoms in total. The molecule has 2 bridgehead atoms. The van der Waals surface area contributed by atoms with Crippen LogP contribution in [0.1, 0.15) is 45.8 Å². The normalized spacial score (nSPS) is 20.9. The fraction of sp³-hybridized carbons (Fsp3) is 0.276. The van der Waals surface area contributed by atoms with Crippen LogP contribution in [0.5, 0.6) is 0 Å². The highest BCUT2D eigenvalue weighted by Crippen LogP contribution is 2.44. The highest BCUT2D eigenvalue weighted by molar-refractivity contribution is 6.08. The van der Waals surface area contributed by atoms with E-state index < -0.39 is 41.2 Å². The summed E-state index contributed by atoms with van der Waals surface area (Å²) in [6.45, 7) is -0.242. The molecule has 0 radical (unpaired) electrons. The summed E-state index contributed by atoms with van der Waals surface area (Å²) in [7, 11) is 0. The number of rotatable bonds is 8. The minimum atomic E-state index is -4.66. The van der Waals surface area contributed by atoms with E-state index in [1.165, 1.54) is 29.2 Å². The van der Waals surface area contributed by atoms with E-state index in [-0.39, 0.29) is 29.8 Å². The summed E-state index contributed by atoms with van der Waals surface area (Å²) in [4.78, 5) is 58.9. The van der Waals surface area contributed by atoms with E-state index >= 15 is 0 Å². The van der Waals surface area contributed by atoms with Gasteiger partial charge in [-0.15, -0.1) is 0 Å². The molecule has 4 heterocycles. The smallest absolute Gasteiger partial charge is 0.364 e. The van der Waals surface area contributed by atoms with Gasteiger partial charge >= 0.3 is 6.18 Å². The predicted molar refractivity (Wildman–Crippen MR) is 150 cm³/mol. The molecule has 1 saturated heterocycles. The first-order chi connectivity index (χ1) is 20.9. The van der Waals surface area contributed by atoms with E-state index in [9.17, 15) is 32.3 Å². The molecule has 2 fully saturated rings. The van der Waals surface area contributed by atoms with Crippen molar-refractivity contribution in [3.05, 3.63) is 77.9 Å². The van der Waals surface area contributed by atoms with Crippen molar-refractivity contribution < 1.29 is 32.3 Å². The van der Waals surface area contributed by atoms with Crippen molar-refractivity contribution in [1.29, 1.82) is 0 Å². The number of halogens is 3. The number of alkyl halides is 3. The predicted octanol–water partition coefficient (Wildman–Crippen LogP) is 2.91. The number of carbonyl (C=O) groups is 4. The third-order valence-electron chi connectivity index (χ3n) is 8.02. The second kappa shape index (κ2) is 10.8. The Balaban J connectivity index is 1.19. The Kier molecular flexibility index (Phi) is 7.11. The highest BCUT2D eigenvalue weighted by atomic mass is 19.4. The number of amides is 3. The van der Waals surface area contributed by atoms with Crippen LogP contribution in [0.25, 0.3) is 10.9 Å². The van der Waals surface area contributed by atoms with Gasteiger partial charge in [0.1, 0.15) is 18.1 Å². The van der Waals surface area contributed by atoms with Crippen LogP contribution < -0.4 is 21.7 Å². The fourth-order valence-electron chi connectivity index (χ4n) is 5.94. The van der Waals surface area contributed by atoms with Crippen LogP contribution >= 0.6 is 0 Å². The van der Waals surface area contributed by atoms with Crippen LogP contribution in [0.3, 0.4) is 0 Å². The lowest BCUT2D eigenvalue weighted by atomic mass is 9.93. The third-order valence-corrected chi connectivity index (χ3v) is 8.02. The molecule has 226 valence electrons. The number of nitrogens with one attached hydrogen (secondary N) is 3. The molecule has 3 aromatic heterocycles. The van der Waals surface area contributed by atoms with Crippen molar-refractivity contribution in [3.63, 3.8) is 0 Å². The maximum atomic E-state index is 13.7. The standard InChI is InChI=1S/C29H25F3N8O4/c30-29(31,32)20-4-1-5-22(36-20)37-27(44)23-15-8-9-28(12-15,38-23)21(41)14-40-19-7-6-17(11-18(19)24(39-40)25(33)42)35-26(43)16-3-2-10-34-13-16/h1-7,10-11,13,15,23,38H,8-9,12,14H2,(H2,33,42)(H,35,43)(H,36,37,44)/t15-,23-,28+/m0/s1. The van der Waals surface area contributed by atoms with E-state index in [1.807, 2.05) is 0 Å². The highest BCUT2D eigenvalue weighted by Gasteiger charge is 2.56. The van der Waals surface area contributed by atoms with Gasteiger partial charge in [0.15, 0.2) is 11.5 Å². The van der Waals surface area contributed by atoms with E-state index in [0.717, 1.165) is 12.1 Å². The van der Waals surface area contributed by atoms with Gasteiger partial charge in [-0.25, -0.2) is 4.98 Å². The lowest BCUT2D eigenvalue weighted by Gasteiger charge is -2.30. The molecule has 1 aliphatic carbocycles. The molecular formula is C29H25F3N8O4. The molecule has 0 spiro atoms. The second-order valence-corrected chi connectivity index (χ2v) is 10.8. The molecule has 1 aliphatic heterocycles. The van der Waals surface area contributed by atoms with Crippen molar-refractivity contribution >= 4 is 45.9 Å². The molecule has 6 rings (SSSR count). The van der Waals surface area contributed by atoms with Crippen LogP contribution in [-0.2, 0) is 22.3 Å². The minimum absolute atomic E-state index is 0.0858. The number of anilines is 2. The molecule has 3 atom stereocenters. The second-order valence-electron chi connectivity index (χ2n) is 10.8. The lowest BCUT2D eigenvalue weighted by Crippen LogP contribution is -2.55. The van der Waals surface area contributed by atoms with Crippen LogP contribution in [0.4, 0.5) is 24.7 Å². The third kappa shape index (κ3) is 5.37. The van der Waals surface area contributed by atoms with Gasteiger partial charge in [0.2, 0.25) is 5.91 Å². The minimum Gasteiger partial charge on any atom is -0.364 e. The molecule has 2 aliphatic rings. The maximum absolute atomic E-state index is 13.7. The lowest BCUT2D eigenvalue weighted by molar-refractivity contribution is -0.141. The SMILES string of the molecule is NC(=O)c1nn(CC(=O)[C@@]23CC[C@@H](C2)[C@@H](C(=O)Nc2cccc(C(F)(F)F)n2)N3)c2ccc(NC(=O)c3cccnc3)cc12. The van der Waals surface area contributed by atoms with Crippen LogP contribution in [0.2, 0.25) is 0 Å². The molecule has 15 heteroatoms. The first-order valence-corrected chi connectivity index (χ1v) is 13.6. The quantitative estimate of drug-likeness (QED) is 0.237. The first kappa shape index (κ1) is 28.9. The van der Waals surface area contributed by atoms with Gasteiger partial charge in [-0.2, -0.15) is 18.3 Å². The number of nitrogens with zero attached hydrogens (tertiary/aromatic N) is 4. The van der Waals surface area contributed by atoms with Crippen molar-refractivity contribution in [2.24, 2.45) is 11.7 Å². The Hall–Kier alpha value is -5.18. The summed E-state index contributed by atoms with van der Waals surface area (Å²) in [6.07, 6.45) is -0.355. The average molecular weight is 607 g/mol. The summed E-state index contributed by atoms with van der Waals surface area (Å²) in [5.41, 5.74) is 4.44. The van der Waals surface area contributed by atoms with Gasteiger partial charge in [0.25, 0.3) is 11.8 Å². The maximum Gasteiger partial charge on any atom is 0.433 e. The van der Waals surface area contributed by atoms with Crippen LogP contribution in [0, 0.1) is 5.92 Å². The molecular weight excluding hydrogens is 581 g/mol. The Morgan fingerprint density at radius 1 is 1.09 bits per heavy atom. The summed E-state index contributed by atoms with van der Waals surface area (Å²) < 4.78 is 40.5. The molecule has 4 aromatic rings. The van der Waals surface area contributed by atoms with E-state index in [1.54, 1.807) is 24.3 Å². The monoisotopic (exact) mass is 606 g/mol. The number of Topliss-reactive ketones (excluding diaryl/α,β-unsaturated/α-hetero) is 1. The van der Waals surface area contributed by atoms with Gasteiger partial charge in [-0.1, -0.05) is 6.07 Å². The molecule has 3 amide bonds. The summed E-state index contributed by atoms with van der Waals surface area (Å²) >= 11 is 0. The first-order valence-electron chi connectivity index (χ1n) is 13.6. The number of pyridine rings is 2. The summed E-state index contributed by atoms with van der Waals surface area (Å²) in [5.74, 6) is -2.56. The number of piperidine rings is 1. The largest absolute Gasteiger partial charge is 0.433 e. The Morgan fingerprint density at radius 3 is 2.64 bits per heavy atom. The fourth-order valence-corrected chi connectivity index (χ4v) is 5.94. The van der Waals surface area contributed by atoms with Gasteiger partial charge in [-0.3, -0.25) is 34.2 Å². The van der Waals surface area contributed by atoms with Crippen molar-refractivity contribution in [1.82, 2.24) is 25.1 Å². The van der Waals surface area contributed by atoms with Crippen LogP contribution in [-0.4, -0.2) is 54.8 Å². The van der Waals surface area contributed by atoms with E-state index in [2.05, 4.69) is 31.0 Å². The number of nitrogens with two attached hydrogens (primary N) is 1. The topological polar surface area (TPSA) is 174 Å². The van der Waals surface area contributed by atoms with Crippen molar-refractivity contribution in [2.45, 2.75) is 43.6 Å². The van der Waals surface area contributed by atoms with Crippen LogP contribution in [0.15, 0.2) is 60.9 Å². The Labute approximate surface area is 247 Å². The molecule has 0 unspecified atom stereocenters. The van der Waals surface area contributed by atoms with Crippen molar-refractivity contribution in [2.75, 3.05) is 10.6 Å². The average Bonchev–Trinajstić information content (AvgIpc) is 3.70. The number of carbonyl (C=O) groups excluding carboxylic acids is 4. The summed E-state index contributed by atoms with van der Waals surface area (Å²) in [5, 5.41) is 12.9. The molecule has 1 aromatic carbocycles. The van der Waals surface area contributed by atoms with E-state index in [4.69, 9.17) is 5.73 Å². The Morgan fingerprint density at radius 2 is 1.91 bits per heavy atom. The molecule has 1 saturated carbocycles. The number of fused-ring (bicyclic) bond motifs is 3. The number of hydrogen-bond donors (Lipinski definition) is 4.